The van der Waals surface area contributed by atoms with Crippen LogP contribution in [0.5, 0.6) is 0 Å². The van der Waals surface area contributed by atoms with Crippen molar-refractivity contribution in [1.29, 1.82) is 0 Å². The van der Waals surface area contributed by atoms with Crippen LogP contribution in [0.1, 0.15) is 62.9 Å². The van der Waals surface area contributed by atoms with Crippen molar-refractivity contribution < 1.29 is 38.2 Å². The number of nitrogens with zero attached hydrogens (tertiary/aromatic N) is 5. The minimum atomic E-state index is -4.09. The quantitative estimate of drug-likeness (QED) is 0.229. The van der Waals surface area contributed by atoms with E-state index in [1.807, 2.05) is 6.92 Å². The molecular weight excluding hydrogens is 487 g/mol. The third-order valence-corrected chi connectivity index (χ3v) is 6.50. The number of ether oxygens (including phenoxy) is 1. The fraction of sp³-hybridized carbons (Fsp3) is 0.583. The standard InChI is InChI=1S/C24H31FN6O4S/c1-3-8-36-24-27-22(26-16-10-14(16)13-5-4-12(2)15(25)9-13)19-23(28-24)31(30-29-19)17-11-18(35-7-6-32)21(34)20(17)33/h4-5,9,14,16-18,20-21,32-34H,3,6-8,10-11H2,1-2H3,(H,26,27,28)/t14-,16+,17+,18-,20-,21+/m0/s1/i7D2,11D2,14D,16D,17D,18D,20D,21D. The van der Waals surface area contributed by atoms with Crippen molar-refractivity contribution >= 4 is 28.7 Å². The van der Waals surface area contributed by atoms with E-state index in [9.17, 15) is 19.7 Å². The number of benzene rings is 1. The molecule has 2 aliphatic carbocycles. The van der Waals surface area contributed by atoms with Gasteiger partial charge >= 0.3 is 0 Å². The number of hydrogen-bond acceptors (Lipinski definition) is 10. The van der Waals surface area contributed by atoms with Crippen molar-refractivity contribution in [3.05, 3.63) is 35.1 Å². The number of aliphatic hydroxyl groups excluding tert-OH is 1. The lowest BCUT2D eigenvalue weighted by atomic mass is 10.1. The van der Waals surface area contributed by atoms with Crippen molar-refractivity contribution in [2.24, 2.45) is 0 Å². The molecule has 2 heterocycles. The number of thioether (sulfide) groups is 1. The Hall–Kier alpha value is -2.38. The molecule has 0 spiro atoms. The van der Waals surface area contributed by atoms with Crippen LogP contribution in [0.2, 0.25) is 0 Å². The van der Waals surface area contributed by atoms with E-state index >= 15 is 0 Å². The van der Waals surface area contributed by atoms with Gasteiger partial charge in [0.2, 0.25) is 0 Å². The van der Waals surface area contributed by atoms with Crippen molar-refractivity contribution in [3.63, 3.8) is 0 Å². The molecular formula is C24H31FN6O4S. The number of anilines is 1. The third-order valence-electron chi connectivity index (χ3n) is 5.44. The topological polar surface area (TPSA) is 138 Å². The van der Waals surface area contributed by atoms with E-state index in [1.54, 1.807) is 6.92 Å². The average Bonchev–Trinajstić information content (AvgIpc) is 3.26. The number of fused-ring (bicyclic) bond motifs is 1. The number of halogens is 1. The summed E-state index contributed by atoms with van der Waals surface area (Å²) >= 11 is 1.08. The van der Waals surface area contributed by atoms with Crippen LogP contribution in [-0.4, -0.2) is 83.5 Å². The van der Waals surface area contributed by atoms with Gasteiger partial charge in [0.05, 0.1) is 34.9 Å². The smallest absolute Gasteiger partial charge is 0.191 e. The first-order chi connectivity index (χ1) is 21.0. The molecule has 6 atom stereocenters. The Bertz CT molecular complexity index is 1710. The molecule has 12 heteroatoms. The fourth-order valence-corrected chi connectivity index (χ4v) is 4.21. The summed E-state index contributed by atoms with van der Waals surface area (Å²) in [6.07, 6.45) is -15.4. The van der Waals surface area contributed by atoms with Gasteiger partial charge in [0, 0.05) is 28.1 Å². The van der Waals surface area contributed by atoms with E-state index in [1.165, 1.54) is 12.1 Å². The maximum Gasteiger partial charge on any atom is 0.191 e. The van der Waals surface area contributed by atoms with Crippen LogP contribution in [0, 0.1) is 12.7 Å². The van der Waals surface area contributed by atoms with Crippen molar-refractivity contribution in [1.82, 2.24) is 25.0 Å². The molecule has 0 amide bonds. The summed E-state index contributed by atoms with van der Waals surface area (Å²) in [6.45, 7) is -1.34. The second kappa shape index (κ2) is 10.5. The van der Waals surface area contributed by atoms with Gasteiger partial charge < -0.3 is 25.4 Å². The largest absolute Gasteiger partial charge is 0.394 e. The zero-order valence-corrected chi connectivity index (χ0v) is 20.1. The molecule has 2 aliphatic rings. The second-order valence-corrected chi connectivity index (χ2v) is 9.07. The number of rotatable bonds is 10. The van der Waals surface area contributed by atoms with E-state index in [2.05, 4.69) is 25.6 Å². The molecule has 5 rings (SSSR count). The molecule has 4 N–H and O–H groups in total. The van der Waals surface area contributed by atoms with Crippen LogP contribution in [0.15, 0.2) is 23.4 Å². The Morgan fingerprint density at radius 3 is 2.94 bits per heavy atom. The van der Waals surface area contributed by atoms with Crippen LogP contribution in [0.25, 0.3) is 11.2 Å². The second-order valence-electron chi connectivity index (χ2n) is 8.00. The van der Waals surface area contributed by atoms with Crippen molar-refractivity contribution in [2.75, 3.05) is 24.2 Å². The molecule has 2 aromatic heterocycles. The number of aryl methyl sites for hydroxylation is 1. The van der Waals surface area contributed by atoms with Gasteiger partial charge in [-0.3, -0.25) is 0 Å². The van der Waals surface area contributed by atoms with E-state index in [-0.39, 0.29) is 33.2 Å². The summed E-state index contributed by atoms with van der Waals surface area (Å²) in [7, 11) is 0. The Morgan fingerprint density at radius 1 is 1.36 bits per heavy atom. The molecule has 2 fully saturated rings. The first kappa shape index (κ1) is 15.8. The molecule has 10 nitrogen and oxygen atoms in total. The van der Waals surface area contributed by atoms with Gasteiger partial charge in [-0.2, -0.15) is 0 Å². The lowest BCUT2D eigenvalue weighted by Crippen LogP contribution is -2.33. The highest BCUT2D eigenvalue weighted by Crippen LogP contribution is 2.44. The summed E-state index contributed by atoms with van der Waals surface area (Å²) < 4.78 is 104. The fourth-order valence-electron chi connectivity index (χ4n) is 3.52. The van der Waals surface area contributed by atoms with Gasteiger partial charge in [-0.1, -0.05) is 36.0 Å². The monoisotopic (exact) mass is 528 g/mol. The number of aromatic nitrogens is 5. The Balaban J connectivity index is 1.67. The summed E-state index contributed by atoms with van der Waals surface area (Å²) in [6, 6.07) is -1.34. The van der Waals surface area contributed by atoms with Crippen LogP contribution >= 0.6 is 11.8 Å². The zero-order valence-electron chi connectivity index (χ0n) is 29.3. The summed E-state index contributed by atoms with van der Waals surface area (Å²) in [4.78, 5) is 8.62. The van der Waals surface area contributed by atoms with Crippen LogP contribution in [-0.2, 0) is 4.74 Å². The van der Waals surface area contributed by atoms with Crippen molar-refractivity contribution in [2.45, 2.75) is 74.4 Å². The van der Waals surface area contributed by atoms with E-state index in [0.29, 0.717) is 17.7 Å². The van der Waals surface area contributed by atoms with Gasteiger partial charge in [0.1, 0.15) is 18.0 Å². The molecule has 0 aliphatic heterocycles. The molecule has 194 valence electrons. The first-order valence-electron chi connectivity index (χ1n) is 16.1. The SMILES string of the molecule is [2H]C([2H])(CO)O[C@@]1([2H])C([2H])([2H])[C@@]([2H])(n2nnc3c(N[C@]4([2H])C[C@@]4([2H])c4ccc(C)c(F)c4)nc(SCCC)nc32)[C@]([2H])(O)[C@]1([2H])O. The third kappa shape index (κ3) is 4.92. The van der Waals surface area contributed by atoms with E-state index in [0.717, 1.165) is 17.8 Å². The molecule has 0 bridgehead atoms. The summed E-state index contributed by atoms with van der Waals surface area (Å²) in [5.74, 6) is -1.99. The highest BCUT2D eigenvalue weighted by molar-refractivity contribution is 7.99. The molecule has 1 aromatic carbocycles. The molecule has 0 unspecified atom stereocenters. The van der Waals surface area contributed by atoms with Crippen LogP contribution in [0.4, 0.5) is 10.2 Å². The minimum absolute atomic E-state index is 0.0385. The van der Waals surface area contributed by atoms with Crippen LogP contribution in [0.3, 0.4) is 0 Å². The van der Waals surface area contributed by atoms with Gasteiger partial charge in [-0.25, -0.2) is 19.0 Å². The highest BCUT2D eigenvalue weighted by Gasteiger charge is 2.45. The predicted octanol–water partition coefficient (Wildman–Crippen LogP) is 2.18. The molecule has 0 radical (unpaired) electrons. The Morgan fingerprint density at radius 2 is 2.19 bits per heavy atom. The normalized spacial score (nSPS) is 45.7. The lowest BCUT2D eigenvalue weighted by Gasteiger charge is -2.17. The number of nitrogens with one attached hydrogen (secondary N) is 1. The zero-order chi connectivity index (χ0) is 34.5. The van der Waals surface area contributed by atoms with Gasteiger partial charge in [0.25, 0.3) is 0 Å². The Kier molecular flexibility index (Phi) is 4.62. The predicted molar refractivity (Wildman–Crippen MR) is 133 cm³/mol. The van der Waals surface area contributed by atoms with E-state index in [4.69, 9.17) is 18.4 Å². The van der Waals surface area contributed by atoms with Crippen molar-refractivity contribution in [3.8, 4) is 0 Å². The first-order valence-corrected chi connectivity index (χ1v) is 12.1. The molecule has 3 aromatic rings. The van der Waals surface area contributed by atoms with Gasteiger partial charge in [-0.05, 0) is 37.0 Å². The average molecular weight is 529 g/mol. The number of hydrogen-bond donors (Lipinski definition) is 4. The summed E-state index contributed by atoms with van der Waals surface area (Å²) in [5.41, 5.74) is -0.340. The number of aliphatic hydroxyl groups is 3. The highest BCUT2D eigenvalue weighted by atomic mass is 32.2. The maximum atomic E-state index is 14.3. The molecule has 36 heavy (non-hydrogen) atoms. The summed E-state index contributed by atoms with van der Waals surface area (Å²) in [5, 5.41) is 41.9. The maximum absolute atomic E-state index is 14.3. The minimum Gasteiger partial charge on any atom is -0.394 e. The van der Waals surface area contributed by atoms with Gasteiger partial charge in [0.15, 0.2) is 22.1 Å². The van der Waals surface area contributed by atoms with Crippen LogP contribution < -0.4 is 5.32 Å². The Labute approximate surface area is 226 Å². The van der Waals surface area contributed by atoms with Gasteiger partial charge in [-0.15, -0.1) is 5.10 Å². The molecule has 2 saturated carbocycles. The van der Waals surface area contributed by atoms with E-state index < -0.39 is 67.2 Å². The lowest BCUT2D eigenvalue weighted by molar-refractivity contribution is -0.0629. The molecule has 0 saturated heterocycles.